The van der Waals surface area contributed by atoms with Crippen molar-refractivity contribution in [1.29, 1.82) is 0 Å². The van der Waals surface area contributed by atoms with Gasteiger partial charge in [-0.05, 0) is 11.6 Å². The maximum atomic E-state index is 12.2. The molecule has 0 radical (unpaired) electrons. The summed E-state index contributed by atoms with van der Waals surface area (Å²) in [5, 5.41) is 0. The lowest BCUT2D eigenvalue weighted by molar-refractivity contribution is -0.137. The number of benzene rings is 1. The monoisotopic (exact) mass is 190 g/mol. The highest BCUT2D eigenvalue weighted by Gasteiger charge is 2.30. The first-order valence-corrected chi connectivity index (χ1v) is 3.67. The van der Waals surface area contributed by atoms with Gasteiger partial charge in [-0.25, -0.2) is 4.39 Å². The largest absolute Gasteiger partial charge is 0.416 e. The van der Waals surface area contributed by atoms with Gasteiger partial charge in [0, 0.05) is 0 Å². The van der Waals surface area contributed by atoms with Crippen molar-refractivity contribution in [2.75, 3.05) is 0 Å². The molecule has 1 aromatic carbocycles. The Balaban J connectivity index is 3.16. The lowest BCUT2D eigenvalue weighted by Crippen LogP contribution is -2.12. The van der Waals surface area contributed by atoms with Crippen molar-refractivity contribution in [1.82, 2.24) is 0 Å². The van der Waals surface area contributed by atoms with E-state index in [4.69, 9.17) is 0 Å². The van der Waals surface area contributed by atoms with Crippen molar-refractivity contribution >= 4 is 13.3 Å². The minimum absolute atomic E-state index is 0.0623. The highest BCUT2D eigenvalue weighted by molar-refractivity contribution is 6.32. The van der Waals surface area contributed by atoms with Crippen LogP contribution in [0.3, 0.4) is 0 Å². The molecule has 1 rings (SSSR count). The molecule has 0 aromatic heterocycles. The second-order valence-corrected chi connectivity index (χ2v) is 2.84. The van der Waals surface area contributed by atoms with Gasteiger partial charge in [-0.15, -0.1) is 0 Å². The summed E-state index contributed by atoms with van der Waals surface area (Å²) in [5.41, 5.74) is -0.310. The molecule has 5 heteroatoms. The average Bonchev–Trinajstić information content (AvgIpc) is 2.01. The Hall–Kier alpha value is -0.995. The highest BCUT2D eigenvalue weighted by atomic mass is 19.4. The van der Waals surface area contributed by atoms with Gasteiger partial charge in [0.2, 0.25) is 0 Å². The van der Waals surface area contributed by atoms with Gasteiger partial charge in [0.1, 0.15) is 14.5 Å². The molecule has 0 aliphatic heterocycles. The third-order valence-corrected chi connectivity index (χ3v) is 1.62. The van der Waals surface area contributed by atoms with Gasteiger partial charge in [0.15, 0.2) is 0 Å². The van der Waals surface area contributed by atoms with E-state index in [2.05, 4.69) is 0 Å². The van der Waals surface area contributed by atoms with Gasteiger partial charge < -0.3 is 0 Å². The zero-order chi connectivity index (χ0) is 10.1. The van der Waals surface area contributed by atoms with Crippen molar-refractivity contribution in [3.63, 3.8) is 0 Å². The fourth-order valence-corrected chi connectivity index (χ4v) is 1.10. The van der Waals surface area contributed by atoms with Gasteiger partial charge >= 0.3 is 6.18 Å². The van der Waals surface area contributed by atoms with Gasteiger partial charge in [0.05, 0.1) is 5.56 Å². The van der Waals surface area contributed by atoms with Crippen LogP contribution in [0.5, 0.6) is 0 Å². The summed E-state index contributed by atoms with van der Waals surface area (Å²) in [6.45, 7) is -0.870. The average molecular weight is 190 g/mol. The van der Waals surface area contributed by atoms with Gasteiger partial charge in [-0.3, -0.25) is 0 Å². The molecule has 0 aliphatic rings. The quantitative estimate of drug-likeness (QED) is 0.464. The molecule has 0 fully saturated rings. The SMILES string of the molecule is Bc1cc(CF)cc(C(F)(F)F)c1. The van der Waals surface area contributed by atoms with Crippen molar-refractivity contribution < 1.29 is 17.6 Å². The van der Waals surface area contributed by atoms with Crippen LogP contribution in [-0.2, 0) is 12.9 Å². The number of alkyl halides is 4. The lowest BCUT2D eigenvalue weighted by Gasteiger charge is -2.08. The molecular formula is C8H7BF4. The van der Waals surface area contributed by atoms with E-state index in [9.17, 15) is 17.6 Å². The second-order valence-electron chi connectivity index (χ2n) is 2.84. The van der Waals surface area contributed by atoms with Crippen LogP contribution < -0.4 is 5.46 Å². The molecule has 0 spiro atoms. The minimum Gasteiger partial charge on any atom is -0.246 e. The smallest absolute Gasteiger partial charge is 0.246 e. The predicted octanol–water partition coefficient (Wildman–Crippen LogP) is 1.43. The normalized spacial score (nSPS) is 11.7. The van der Waals surface area contributed by atoms with E-state index in [1.54, 1.807) is 0 Å². The van der Waals surface area contributed by atoms with Crippen LogP contribution >= 0.6 is 0 Å². The van der Waals surface area contributed by atoms with E-state index in [1.165, 1.54) is 13.9 Å². The Labute approximate surface area is 74.0 Å². The van der Waals surface area contributed by atoms with Crippen LogP contribution in [-0.4, -0.2) is 7.85 Å². The van der Waals surface area contributed by atoms with Crippen molar-refractivity contribution in [2.45, 2.75) is 12.9 Å². The van der Waals surface area contributed by atoms with Crippen molar-refractivity contribution in [3.8, 4) is 0 Å². The standard InChI is InChI=1S/C8H7BF4/c9-7-2-5(4-10)1-6(3-7)8(11,12)13/h1-3H,4,9H2. The highest BCUT2D eigenvalue weighted by Crippen LogP contribution is 2.29. The second kappa shape index (κ2) is 3.40. The van der Waals surface area contributed by atoms with E-state index in [-0.39, 0.29) is 5.56 Å². The third-order valence-electron chi connectivity index (χ3n) is 1.62. The van der Waals surface area contributed by atoms with Gasteiger partial charge in [-0.2, -0.15) is 13.2 Å². The molecule has 0 saturated carbocycles. The summed E-state index contributed by atoms with van der Waals surface area (Å²) in [7, 11) is 1.51. The molecular weight excluding hydrogens is 183 g/mol. The van der Waals surface area contributed by atoms with E-state index >= 15 is 0 Å². The zero-order valence-corrected chi connectivity index (χ0v) is 6.95. The maximum absolute atomic E-state index is 12.2. The first-order valence-electron chi connectivity index (χ1n) is 3.67. The first kappa shape index (κ1) is 10.1. The van der Waals surface area contributed by atoms with Crippen LogP contribution in [0.4, 0.5) is 17.6 Å². The summed E-state index contributed by atoms with van der Waals surface area (Å²) in [5.74, 6) is 0. The molecule has 0 amide bonds. The molecule has 0 bridgehead atoms. The first-order chi connectivity index (χ1) is 5.93. The summed E-state index contributed by atoms with van der Waals surface area (Å²) >= 11 is 0. The summed E-state index contributed by atoms with van der Waals surface area (Å²) in [6.07, 6.45) is -4.39. The Morgan fingerprint density at radius 1 is 1.15 bits per heavy atom. The van der Waals surface area contributed by atoms with Crippen LogP contribution in [0, 0.1) is 0 Å². The van der Waals surface area contributed by atoms with E-state index < -0.39 is 18.4 Å². The van der Waals surface area contributed by atoms with E-state index in [0.717, 1.165) is 12.1 Å². The summed E-state index contributed by atoms with van der Waals surface area (Å²) < 4.78 is 48.6. The summed E-state index contributed by atoms with van der Waals surface area (Å²) in [6, 6.07) is 3.22. The van der Waals surface area contributed by atoms with E-state index in [1.807, 2.05) is 0 Å². The lowest BCUT2D eigenvalue weighted by atomic mass is 9.92. The Morgan fingerprint density at radius 3 is 2.23 bits per heavy atom. The topological polar surface area (TPSA) is 0 Å². The van der Waals surface area contributed by atoms with Crippen LogP contribution in [0.25, 0.3) is 0 Å². The molecule has 70 valence electrons. The number of hydrogen-bond donors (Lipinski definition) is 0. The van der Waals surface area contributed by atoms with Gasteiger partial charge in [0.25, 0.3) is 0 Å². The van der Waals surface area contributed by atoms with Gasteiger partial charge in [-0.1, -0.05) is 17.6 Å². The molecule has 0 atom stereocenters. The van der Waals surface area contributed by atoms with Crippen molar-refractivity contribution in [3.05, 3.63) is 29.3 Å². The zero-order valence-electron chi connectivity index (χ0n) is 6.95. The predicted molar refractivity (Wildman–Crippen MR) is 44.4 cm³/mol. The molecule has 0 nitrogen and oxygen atoms in total. The number of rotatable bonds is 1. The molecule has 1 aromatic rings. The third kappa shape index (κ3) is 2.47. The molecule has 0 N–H and O–H groups in total. The fraction of sp³-hybridized carbons (Fsp3) is 0.250. The van der Waals surface area contributed by atoms with Crippen molar-refractivity contribution in [2.24, 2.45) is 0 Å². The van der Waals surface area contributed by atoms with Crippen LogP contribution in [0.1, 0.15) is 11.1 Å². The molecule has 0 heterocycles. The minimum atomic E-state index is -4.39. The molecule has 13 heavy (non-hydrogen) atoms. The van der Waals surface area contributed by atoms with Crippen LogP contribution in [0.2, 0.25) is 0 Å². The van der Waals surface area contributed by atoms with Crippen LogP contribution in [0.15, 0.2) is 18.2 Å². The number of halogens is 4. The molecule has 0 unspecified atom stereocenters. The summed E-state index contributed by atoms with van der Waals surface area (Å²) in [4.78, 5) is 0. The van der Waals surface area contributed by atoms with E-state index in [0.29, 0.717) is 5.46 Å². The Bertz CT molecular complexity index is 306. The Kier molecular flexibility index (Phi) is 2.64. The maximum Gasteiger partial charge on any atom is 0.416 e. The number of hydrogen-bond acceptors (Lipinski definition) is 0. The molecule has 0 aliphatic carbocycles. The Morgan fingerprint density at radius 2 is 1.77 bits per heavy atom. The molecule has 0 saturated heterocycles. The fourth-order valence-electron chi connectivity index (χ4n) is 1.10.